The number of nitrogen functional groups attached to an aromatic ring is 1. The lowest BCUT2D eigenvalue weighted by Gasteiger charge is -2.22. The fourth-order valence-corrected chi connectivity index (χ4v) is 5.17. The minimum absolute atomic E-state index is 0.138. The lowest BCUT2D eigenvalue weighted by Crippen LogP contribution is -2.37. The van der Waals surface area contributed by atoms with Crippen molar-refractivity contribution in [1.82, 2.24) is 14.9 Å². The summed E-state index contributed by atoms with van der Waals surface area (Å²) in [6.07, 6.45) is 5.64. The fraction of sp³-hybridized carbons (Fsp3) is 0.600. The summed E-state index contributed by atoms with van der Waals surface area (Å²) in [7, 11) is 3.08. The number of methoxy groups -OCH3 is 2. The van der Waals surface area contributed by atoms with Gasteiger partial charge in [-0.15, -0.1) is 0 Å². The number of nitrogens with zero attached hydrogens (tertiary/aromatic N) is 3. The summed E-state index contributed by atoms with van der Waals surface area (Å²) < 4.78 is 21.8. The molecule has 226 valence electrons. The number of hydrogen-bond donors (Lipinski definition) is 2. The number of nitrogens with one attached hydrogen (secondary N) is 1. The van der Waals surface area contributed by atoms with E-state index in [1.807, 2.05) is 25.1 Å². The second-order valence-electron chi connectivity index (χ2n) is 10.3. The molecular formula is C30H45N5O6. The van der Waals surface area contributed by atoms with Crippen LogP contribution in [0.2, 0.25) is 0 Å². The monoisotopic (exact) mass is 571 g/mol. The molecule has 11 nitrogen and oxygen atoms in total. The molecule has 1 fully saturated rings. The molecule has 1 saturated heterocycles. The molecule has 0 amide bonds. The zero-order valence-electron chi connectivity index (χ0n) is 25.0. The molecule has 0 radical (unpaired) electrons. The van der Waals surface area contributed by atoms with Crippen molar-refractivity contribution in [2.45, 2.75) is 77.8 Å². The molecule has 0 saturated carbocycles. The highest BCUT2D eigenvalue weighted by atomic mass is 16.5. The Labute approximate surface area is 243 Å². The van der Waals surface area contributed by atoms with Gasteiger partial charge in [0.15, 0.2) is 0 Å². The Bertz CT molecular complexity index is 1160. The predicted molar refractivity (Wildman–Crippen MR) is 157 cm³/mol. The normalized spacial score (nSPS) is 15.8. The molecule has 2 atom stereocenters. The van der Waals surface area contributed by atoms with E-state index in [2.05, 4.69) is 27.1 Å². The van der Waals surface area contributed by atoms with Gasteiger partial charge in [0, 0.05) is 43.3 Å². The molecule has 1 aliphatic heterocycles. The van der Waals surface area contributed by atoms with E-state index in [1.165, 1.54) is 14.0 Å². The molecule has 0 aliphatic carbocycles. The highest BCUT2D eigenvalue weighted by Gasteiger charge is 2.30. The van der Waals surface area contributed by atoms with Gasteiger partial charge in [-0.1, -0.05) is 13.0 Å². The number of nitrogens with two attached hydrogens (primary N) is 1. The van der Waals surface area contributed by atoms with Crippen molar-refractivity contribution in [3.05, 3.63) is 35.0 Å². The largest absolute Gasteiger partial charge is 0.496 e. The number of carbonyl (C=O) groups excluding carboxylic acids is 2. The number of aryl methyl sites for hydroxylation is 1. The summed E-state index contributed by atoms with van der Waals surface area (Å²) in [5.74, 6) is 1.92. The molecular weight excluding hydrogens is 526 g/mol. The molecule has 1 aliphatic rings. The summed E-state index contributed by atoms with van der Waals surface area (Å²) in [6, 6.07) is 5.83. The van der Waals surface area contributed by atoms with E-state index < -0.39 is 0 Å². The maximum atomic E-state index is 12.0. The highest BCUT2D eigenvalue weighted by molar-refractivity contribution is 5.76. The third-order valence-corrected chi connectivity index (χ3v) is 7.39. The van der Waals surface area contributed by atoms with Crippen LogP contribution >= 0.6 is 0 Å². The van der Waals surface area contributed by atoms with Crippen molar-refractivity contribution >= 4 is 23.7 Å². The molecule has 0 bridgehead atoms. The van der Waals surface area contributed by atoms with Crippen LogP contribution in [0.4, 0.5) is 11.8 Å². The Hall–Kier alpha value is -3.60. The van der Waals surface area contributed by atoms with Gasteiger partial charge in [-0.2, -0.15) is 4.98 Å². The van der Waals surface area contributed by atoms with Crippen LogP contribution in [-0.2, 0) is 25.5 Å². The van der Waals surface area contributed by atoms with E-state index >= 15 is 0 Å². The zero-order chi connectivity index (χ0) is 29.8. The van der Waals surface area contributed by atoms with Gasteiger partial charge in [0.05, 0.1) is 27.4 Å². The van der Waals surface area contributed by atoms with Crippen LogP contribution in [0.5, 0.6) is 11.5 Å². The first-order valence-electron chi connectivity index (χ1n) is 14.4. The number of anilines is 2. The summed E-state index contributed by atoms with van der Waals surface area (Å²) in [5, 5.41) is 3.54. The van der Waals surface area contributed by atoms with Gasteiger partial charge in [0.25, 0.3) is 0 Å². The van der Waals surface area contributed by atoms with E-state index in [0.29, 0.717) is 31.2 Å². The first-order valence-corrected chi connectivity index (χ1v) is 14.4. The molecule has 0 spiro atoms. The Balaban J connectivity index is 1.63. The minimum Gasteiger partial charge on any atom is -0.496 e. The zero-order valence-corrected chi connectivity index (χ0v) is 25.0. The number of ether oxygens (including phenoxy) is 4. The summed E-state index contributed by atoms with van der Waals surface area (Å²) in [6.45, 7) is 8.05. The molecule has 3 N–H and O–H groups in total. The standard InChI is InChI=1S/C30H45N5O6/c1-6-23(10-8-16-40-21(3)36)33-28-25(20(2)32-30(31)34-28)18-22-12-13-24(19-27(22)38-4)41-17-9-15-35-14-7-11-26(35)29(37)39-5/h12-13,19,23,26H,6-11,14-18H2,1-5H3,(H3,31,32,33,34)/t23-,26-/m0/s1. The number of aromatic nitrogens is 2. The second-order valence-corrected chi connectivity index (χ2v) is 10.3. The van der Waals surface area contributed by atoms with Crippen LogP contribution in [0, 0.1) is 6.92 Å². The van der Waals surface area contributed by atoms with Crippen LogP contribution in [0.25, 0.3) is 0 Å². The number of hydrogen-bond acceptors (Lipinski definition) is 11. The molecule has 2 heterocycles. The number of likely N-dealkylation sites (tertiary alicyclic amines) is 1. The predicted octanol–water partition coefficient (Wildman–Crippen LogP) is 3.91. The van der Waals surface area contributed by atoms with Crippen molar-refractivity contribution in [3.63, 3.8) is 0 Å². The average Bonchev–Trinajstić information content (AvgIpc) is 3.42. The summed E-state index contributed by atoms with van der Waals surface area (Å²) in [4.78, 5) is 34.1. The Morgan fingerprint density at radius 3 is 2.71 bits per heavy atom. The van der Waals surface area contributed by atoms with E-state index in [0.717, 1.165) is 74.2 Å². The van der Waals surface area contributed by atoms with Crippen molar-refractivity contribution < 1.29 is 28.5 Å². The first-order chi connectivity index (χ1) is 19.7. The molecule has 1 aromatic carbocycles. The molecule has 2 aromatic rings. The van der Waals surface area contributed by atoms with Gasteiger partial charge in [-0.05, 0) is 63.6 Å². The van der Waals surface area contributed by atoms with Crippen molar-refractivity contribution in [1.29, 1.82) is 0 Å². The first kappa shape index (κ1) is 31.9. The number of rotatable bonds is 16. The highest BCUT2D eigenvalue weighted by Crippen LogP contribution is 2.30. The van der Waals surface area contributed by atoms with E-state index in [4.69, 9.17) is 24.7 Å². The van der Waals surface area contributed by atoms with Gasteiger partial charge in [-0.25, -0.2) is 4.98 Å². The minimum atomic E-state index is -0.270. The summed E-state index contributed by atoms with van der Waals surface area (Å²) >= 11 is 0. The second kappa shape index (κ2) is 16.0. The van der Waals surface area contributed by atoms with Gasteiger partial charge >= 0.3 is 11.9 Å². The Morgan fingerprint density at radius 1 is 1.20 bits per heavy atom. The molecule has 3 rings (SSSR count). The van der Waals surface area contributed by atoms with Gasteiger partial charge in [0.1, 0.15) is 23.4 Å². The number of benzene rings is 1. The number of carbonyl (C=O) groups is 2. The third kappa shape index (κ3) is 9.48. The third-order valence-electron chi connectivity index (χ3n) is 7.39. The quantitative estimate of drug-likeness (QED) is 0.224. The SMILES string of the molecule is CC[C@@H](CCCOC(C)=O)Nc1nc(N)nc(C)c1Cc1ccc(OCCCN2CCC[C@H]2C(=O)OC)cc1OC. The maximum absolute atomic E-state index is 12.0. The maximum Gasteiger partial charge on any atom is 0.323 e. The van der Waals surface area contributed by atoms with Crippen LogP contribution in [0.15, 0.2) is 18.2 Å². The van der Waals surface area contributed by atoms with Crippen LogP contribution < -0.4 is 20.5 Å². The van der Waals surface area contributed by atoms with Crippen LogP contribution in [0.3, 0.4) is 0 Å². The van der Waals surface area contributed by atoms with Crippen molar-refractivity contribution in [3.8, 4) is 11.5 Å². The van der Waals surface area contributed by atoms with Crippen molar-refractivity contribution in [2.75, 3.05) is 51.6 Å². The van der Waals surface area contributed by atoms with E-state index in [-0.39, 0.29) is 30.0 Å². The van der Waals surface area contributed by atoms with Crippen LogP contribution in [-0.4, -0.2) is 79.4 Å². The lowest BCUT2D eigenvalue weighted by atomic mass is 10.0. The molecule has 1 aromatic heterocycles. The lowest BCUT2D eigenvalue weighted by molar-refractivity contribution is -0.146. The van der Waals surface area contributed by atoms with Crippen molar-refractivity contribution in [2.24, 2.45) is 0 Å². The van der Waals surface area contributed by atoms with Gasteiger partial charge in [0.2, 0.25) is 5.95 Å². The smallest absolute Gasteiger partial charge is 0.323 e. The number of esters is 2. The molecule has 0 unspecified atom stereocenters. The fourth-order valence-electron chi connectivity index (χ4n) is 5.17. The van der Waals surface area contributed by atoms with E-state index in [1.54, 1.807) is 7.11 Å². The average molecular weight is 572 g/mol. The topological polar surface area (TPSA) is 138 Å². The summed E-state index contributed by atoms with van der Waals surface area (Å²) in [5.41, 5.74) is 8.72. The van der Waals surface area contributed by atoms with Gasteiger partial charge in [-0.3, -0.25) is 14.5 Å². The van der Waals surface area contributed by atoms with E-state index in [9.17, 15) is 9.59 Å². The molecule has 41 heavy (non-hydrogen) atoms. The van der Waals surface area contributed by atoms with Crippen LogP contribution in [0.1, 0.15) is 69.2 Å². The van der Waals surface area contributed by atoms with Gasteiger partial charge < -0.3 is 30.0 Å². The molecule has 11 heteroatoms. The Kier molecular flexibility index (Phi) is 12.5. The Morgan fingerprint density at radius 2 is 2.00 bits per heavy atom.